The smallest absolute Gasteiger partial charge is 0.124 e. The lowest BCUT2D eigenvalue weighted by molar-refractivity contribution is 0.474. The predicted octanol–water partition coefficient (Wildman–Crippen LogP) is 5.45. The van der Waals surface area contributed by atoms with Crippen LogP contribution in [0, 0.1) is 11.3 Å². The van der Waals surface area contributed by atoms with Crippen LogP contribution in [0.25, 0.3) is 0 Å². The number of hydrogen-bond donors (Lipinski definition) is 1. The van der Waals surface area contributed by atoms with Gasteiger partial charge in [0, 0.05) is 16.8 Å². The first-order chi connectivity index (χ1) is 12.2. The standard InChI is InChI=1S/C21H15ClN2O/c22-20-12-17(24-14-16-8-4-5-9-21(16)25)10-11-18(20)19(13-23)15-6-2-1-3-7-15/h1-12,14,19,25H/t19-/m0/s1. The Balaban J connectivity index is 1.89. The summed E-state index contributed by atoms with van der Waals surface area (Å²) in [5.41, 5.74) is 2.93. The summed E-state index contributed by atoms with van der Waals surface area (Å²) in [4.78, 5) is 4.34. The Bertz CT molecular complexity index is 946. The number of rotatable bonds is 4. The molecule has 0 aromatic heterocycles. The summed E-state index contributed by atoms with van der Waals surface area (Å²) in [6.07, 6.45) is 1.58. The number of phenolic OH excluding ortho intramolecular Hbond substituents is 1. The minimum absolute atomic E-state index is 0.169. The Kier molecular flexibility index (Phi) is 5.13. The Morgan fingerprint density at radius 1 is 1.00 bits per heavy atom. The van der Waals surface area contributed by atoms with E-state index in [1.54, 1.807) is 30.5 Å². The zero-order valence-electron chi connectivity index (χ0n) is 13.3. The average molecular weight is 347 g/mol. The van der Waals surface area contributed by atoms with Gasteiger partial charge < -0.3 is 5.11 Å². The summed E-state index contributed by atoms with van der Waals surface area (Å²) < 4.78 is 0. The van der Waals surface area contributed by atoms with Crippen LogP contribution in [-0.4, -0.2) is 11.3 Å². The summed E-state index contributed by atoms with van der Waals surface area (Å²) in [6, 6.07) is 24.2. The molecule has 0 unspecified atom stereocenters. The molecule has 0 saturated carbocycles. The van der Waals surface area contributed by atoms with E-state index in [0.717, 1.165) is 11.1 Å². The van der Waals surface area contributed by atoms with Crippen molar-refractivity contribution in [2.24, 2.45) is 4.99 Å². The van der Waals surface area contributed by atoms with Crippen LogP contribution in [-0.2, 0) is 0 Å². The average Bonchev–Trinajstić information content (AvgIpc) is 2.64. The lowest BCUT2D eigenvalue weighted by atomic mass is 9.92. The zero-order chi connectivity index (χ0) is 17.6. The second-order valence-corrected chi connectivity index (χ2v) is 5.90. The highest BCUT2D eigenvalue weighted by Gasteiger charge is 2.16. The third kappa shape index (κ3) is 3.88. The number of benzene rings is 3. The Morgan fingerprint density at radius 3 is 2.40 bits per heavy atom. The molecular formula is C21H15ClN2O. The van der Waals surface area contributed by atoms with Crippen molar-refractivity contribution in [2.45, 2.75) is 5.92 Å². The zero-order valence-corrected chi connectivity index (χ0v) is 14.1. The van der Waals surface area contributed by atoms with Gasteiger partial charge in [0.15, 0.2) is 0 Å². The first kappa shape index (κ1) is 16.8. The molecule has 0 saturated heterocycles. The van der Waals surface area contributed by atoms with Crippen molar-refractivity contribution >= 4 is 23.5 Å². The van der Waals surface area contributed by atoms with E-state index in [0.29, 0.717) is 16.3 Å². The molecular weight excluding hydrogens is 332 g/mol. The van der Waals surface area contributed by atoms with E-state index in [4.69, 9.17) is 11.6 Å². The molecule has 0 radical (unpaired) electrons. The monoisotopic (exact) mass is 346 g/mol. The molecule has 0 heterocycles. The van der Waals surface area contributed by atoms with Crippen LogP contribution in [0.4, 0.5) is 5.69 Å². The number of aromatic hydroxyl groups is 1. The summed E-state index contributed by atoms with van der Waals surface area (Å²) in [6.45, 7) is 0. The summed E-state index contributed by atoms with van der Waals surface area (Å²) in [7, 11) is 0. The van der Waals surface area contributed by atoms with Crippen molar-refractivity contribution in [3.63, 3.8) is 0 Å². The van der Waals surface area contributed by atoms with Gasteiger partial charge in [-0.3, -0.25) is 4.99 Å². The van der Waals surface area contributed by atoms with Crippen molar-refractivity contribution < 1.29 is 5.11 Å². The molecule has 0 aliphatic rings. The van der Waals surface area contributed by atoms with Gasteiger partial charge in [-0.15, -0.1) is 0 Å². The lowest BCUT2D eigenvalue weighted by Crippen LogP contribution is -1.98. The number of phenols is 1. The van der Waals surface area contributed by atoms with E-state index in [2.05, 4.69) is 11.1 Å². The third-order valence-corrected chi connectivity index (χ3v) is 4.17. The van der Waals surface area contributed by atoms with E-state index in [1.807, 2.05) is 48.5 Å². The van der Waals surface area contributed by atoms with Crippen LogP contribution < -0.4 is 0 Å². The van der Waals surface area contributed by atoms with E-state index in [-0.39, 0.29) is 5.75 Å². The molecule has 0 fully saturated rings. The maximum Gasteiger partial charge on any atom is 0.124 e. The number of hydrogen-bond acceptors (Lipinski definition) is 3. The SMILES string of the molecule is N#C[C@@H](c1ccccc1)c1ccc(N=Cc2ccccc2O)cc1Cl. The summed E-state index contributed by atoms with van der Waals surface area (Å²) >= 11 is 6.39. The second kappa shape index (κ2) is 7.65. The molecule has 3 aromatic rings. The number of nitriles is 1. The van der Waals surface area contributed by atoms with Crippen LogP contribution in [0.3, 0.4) is 0 Å². The van der Waals surface area contributed by atoms with Crippen molar-refractivity contribution in [1.82, 2.24) is 0 Å². The minimum atomic E-state index is -0.426. The normalized spacial score (nSPS) is 12.0. The largest absolute Gasteiger partial charge is 0.507 e. The molecule has 0 bridgehead atoms. The lowest BCUT2D eigenvalue weighted by Gasteiger charge is -2.12. The molecule has 0 aliphatic heterocycles. The quantitative estimate of drug-likeness (QED) is 0.638. The summed E-state index contributed by atoms with van der Waals surface area (Å²) in [5.74, 6) is -0.257. The second-order valence-electron chi connectivity index (χ2n) is 5.50. The summed E-state index contributed by atoms with van der Waals surface area (Å²) in [5, 5.41) is 19.8. The van der Waals surface area contributed by atoms with Crippen LogP contribution in [0.15, 0.2) is 77.8 Å². The van der Waals surface area contributed by atoms with Crippen molar-refractivity contribution in [3.8, 4) is 11.8 Å². The number of para-hydroxylation sites is 1. The fourth-order valence-corrected chi connectivity index (χ4v) is 2.82. The van der Waals surface area contributed by atoms with Gasteiger partial charge in [-0.25, -0.2) is 0 Å². The highest BCUT2D eigenvalue weighted by molar-refractivity contribution is 6.31. The fraction of sp³-hybridized carbons (Fsp3) is 0.0476. The van der Waals surface area contributed by atoms with Crippen LogP contribution in [0.1, 0.15) is 22.6 Å². The van der Waals surface area contributed by atoms with Crippen molar-refractivity contribution in [2.75, 3.05) is 0 Å². The van der Waals surface area contributed by atoms with Crippen LogP contribution in [0.2, 0.25) is 5.02 Å². The van der Waals surface area contributed by atoms with Crippen LogP contribution in [0.5, 0.6) is 5.75 Å². The van der Waals surface area contributed by atoms with Gasteiger partial charge in [0.2, 0.25) is 0 Å². The van der Waals surface area contributed by atoms with E-state index >= 15 is 0 Å². The molecule has 1 atom stereocenters. The van der Waals surface area contributed by atoms with Crippen molar-refractivity contribution in [3.05, 3.63) is 94.5 Å². The highest BCUT2D eigenvalue weighted by atomic mass is 35.5. The first-order valence-electron chi connectivity index (χ1n) is 7.75. The predicted molar refractivity (Wildman–Crippen MR) is 101 cm³/mol. The van der Waals surface area contributed by atoms with Gasteiger partial charge in [0.1, 0.15) is 5.75 Å². The molecule has 3 nitrogen and oxygen atoms in total. The van der Waals surface area contributed by atoms with E-state index in [1.165, 1.54) is 0 Å². The van der Waals surface area contributed by atoms with E-state index < -0.39 is 5.92 Å². The van der Waals surface area contributed by atoms with Crippen molar-refractivity contribution in [1.29, 1.82) is 5.26 Å². The van der Waals surface area contributed by atoms with Gasteiger partial charge >= 0.3 is 0 Å². The first-order valence-corrected chi connectivity index (χ1v) is 8.13. The molecule has 0 aliphatic carbocycles. The Hall–Kier alpha value is -3.09. The fourth-order valence-electron chi connectivity index (χ4n) is 2.54. The molecule has 0 spiro atoms. The molecule has 3 aromatic carbocycles. The minimum Gasteiger partial charge on any atom is -0.507 e. The van der Waals surface area contributed by atoms with Crippen LogP contribution >= 0.6 is 11.6 Å². The maximum atomic E-state index is 9.76. The topological polar surface area (TPSA) is 56.4 Å². The number of halogens is 1. The number of nitrogens with zero attached hydrogens (tertiary/aromatic N) is 2. The third-order valence-electron chi connectivity index (χ3n) is 3.85. The molecule has 0 amide bonds. The van der Waals surface area contributed by atoms with Gasteiger partial charge in [-0.05, 0) is 35.4 Å². The molecule has 122 valence electrons. The molecule has 1 N–H and O–H groups in total. The molecule has 3 rings (SSSR count). The highest BCUT2D eigenvalue weighted by Crippen LogP contribution is 2.32. The van der Waals surface area contributed by atoms with Gasteiger partial charge in [-0.1, -0.05) is 60.1 Å². The Labute approximate surface area is 151 Å². The maximum absolute atomic E-state index is 9.76. The molecule has 25 heavy (non-hydrogen) atoms. The number of aliphatic imine (C=N–C) groups is 1. The van der Waals surface area contributed by atoms with E-state index in [9.17, 15) is 10.4 Å². The molecule has 4 heteroatoms. The van der Waals surface area contributed by atoms with Gasteiger partial charge in [0.25, 0.3) is 0 Å². The Morgan fingerprint density at radius 2 is 1.72 bits per heavy atom. The van der Waals surface area contributed by atoms with Gasteiger partial charge in [0.05, 0.1) is 17.7 Å². The van der Waals surface area contributed by atoms with Gasteiger partial charge in [-0.2, -0.15) is 5.26 Å².